The number of nitrogens with zero attached hydrogens (tertiary/aromatic N) is 2. The third-order valence-electron chi connectivity index (χ3n) is 15.6. The van der Waals surface area contributed by atoms with E-state index >= 15 is 0 Å². The highest BCUT2D eigenvalue weighted by molar-refractivity contribution is 6.15. The Balaban J connectivity index is 1.06. The van der Waals surface area contributed by atoms with Crippen LogP contribution in [0.2, 0.25) is 0 Å². The molecule has 5 aliphatic rings. The number of benzene rings is 8. The van der Waals surface area contributed by atoms with Gasteiger partial charge in [0.1, 0.15) is 23.0 Å². The molecule has 1 fully saturated rings. The zero-order valence-corrected chi connectivity index (χ0v) is 37.3. The lowest BCUT2D eigenvalue weighted by Gasteiger charge is -2.42. The number of ether oxygens (including phenoxy) is 2. The van der Waals surface area contributed by atoms with E-state index in [9.17, 15) is 0 Å². The number of para-hydroxylation sites is 4. The van der Waals surface area contributed by atoms with E-state index in [0.717, 1.165) is 81.4 Å². The molecule has 8 aromatic carbocycles. The van der Waals surface area contributed by atoms with Gasteiger partial charge < -0.3 is 9.47 Å². The molecule has 4 heteroatoms. The summed E-state index contributed by atoms with van der Waals surface area (Å²) >= 11 is 0. The fraction of sp³-hybridized carbons (Fsp3) is 0.143. The Bertz CT molecular complexity index is 3280. The maximum atomic E-state index is 7.23. The van der Waals surface area contributed by atoms with Crippen molar-refractivity contribution in [2.24, 2.45) is 20.8 Å². The van der Waals surface area contributed by atoms with E-state index in [-0.39, 0.29) is 16.9 Å². The van der Waals surface area contributed by atoms with Crippen molar-refractivity contribution < 1.29 is 9.47 Å². The van der Waals surface area contributed by atoms with Crippen LogP contribution in [0.1, 0.15) is 81.8 Å². The highest BCUT2D eigenvalue weighted by atomic mass is 16.5. The molecule has 4 nitrogen and oxygen atoms in total. The molecule has 0 spiro atoms. The average Bonchev–Trinajstić information content (AvgIpc) is 4.10. The maximum absolute atomic E-state index is 7.23. The first-order chi connectivity index (χ1) is 33.0. The predicted octanol–water partition coefficient (Wildman–Crippen LogP) is 14.6. The molecule has 3 aliphatic heterocycles. The third kappa shape index (κ3) is 5.72. The largest absolute Gasteiger partial charge is 0.456 e. The SMILES string of the molecule is C[C@]12C=CC=CC1(C1CCC(c3cccc4c3Oc3ccccc3C4(c3ccccc3)c3ccccc3)=NC(c3cccc4c3Oc3ccccc3C4(c3ccccc3)c3ccccc3)=N1)C2. The molecule has 8 aromatic rings. The second-order valence-corrected chi connectivity index (χ2v) is 18.9. The highest BCUT2D eigenvalue weighted by Gasteiger charge is 2.66. The van der Waals surface area contributed by atoms with Gasteiger partial charge >= 0.3 is 0 Å². The van der Waals surface area contributed by atoms with Gasteiger partial charge in [-0.2, -0.15) is 0 Å². The van der Waals surface area contributed by atoms with Crippen LogP contribution in [0.5, 0.6) is 23.0 Å². The standard InChI is InChI=1S/C63H48N2O2/c1-60-40-18-19-41-61(60,42-60)56-39-38-53(47-30-20-34-51-57(47)66-54-36-16-14-32-49(54)62(51,43-22-6-2-7-23-43)44-24-8-3-9-25-44)64-59(65-56)48-31-21-35-52-58(48)67-55-37-17-15-33-50(55)63(52,45-26-10-4-11-27-45)46-28-12-5-13-29-46/h2-37,40-41,56H,38-39,42H2,1H3/t56?,60-,61?/m1/s1. The van der Waals surface area contributed by atoms with Crippen molar-refractivity contribution in [1.82, 2.24) is 0 Å². The number of hydrogen-bond donors (Lipinski definition) is 0. The smallest absolute Gasteiger partial charge is 0.158 e. The molecule has 0 bridgehead atoms. The Labute approximate surface area is 392 Å². The molecule has 0 saturated heterocycles. The summed E-state index contributed by atoms with van der Waals surface area (Å²) in [4.78, 5) is 11.7. The molecule has 13 rings (SSSR count). The number of amidine groups is 1. The van der Waals surface area contributed by atoms with Crippen molar-refractivity contribution in [3.05, 3.63) is 286 Å². The second-order valence-electron chi connectivity index (χ2n) is 18.9. The van der Waals surface area contributed by atoms with Gasteiger partial charge in [0.25, 0.3) is 0 Å². The van der Waals surface area contributed by atoms with E-state index in [0.29, 0.717) is 5.84 Å². The van der Waals surface area contributed by atoms with Crippen LogP contribution in [0, 0.1) is 10.8 Å². The Morgan fingerprint density at radius 2 is 0.881 bits per heavy atom. The molecule has 2 aliphatic carbocycles. The molecule has 322 valence electrons. The molecule has 0 aromatic heterocycles. The van der Waals surface area contributed by atoms with Crippen LogP contribution < -0.4 is 9.47 Å². The molecule has 0 N–H and O–H groups in total. The van der Waals surface area contributed by atoms with E-state index < -0.39 is 10.8 Å². The summed E-state index contributed by atoms with van der Waals surface area (Å²) in [5, 5.41) is 0. The molecular formula is C63H48N2O2. The summed E-state index contributed by atoms with van der Waals surface area (Å²) in [5.41, 5.74) is 10.4. The van der Waals surface area contributed by atoms with E-state index in [1.165, 1.54) is 22.3 Å². The van der Waals surface area contributed by atoms with E-state index in [2.05, 4.69) is 237 Å². The van der Waals surface area contributed by atoms with Crippen LogP contribution in [0.4, 0.5) is 0 Å². The second kappa shape index (κ2) is 15.1. The van der Waals surface area contributed by atoms with Crippen LogP contribution in [0.15, 0.2) is 241 Å². The first-order valence-corrected chi connectivity index (χ1v) is 23.6. The van der Waals surface area contributed by atoms with E-state index in [4.69, 9.17) is 19.5 Å². The summed E-state index contributed by atoms with van der Waals surface area (Å²) in [6.45, 7) is 2.39. The summed E-state index contributed by atoms with van der Waals surface area (Å²) in [6.07, 6.45) is 11.8. The van der Waals surface area contributed by atoms with Crippen molar-refractivity contribution in [2.75, 3.05) is 0 Å². The summed E-state index contributed by atoms with van der Waals surface area (Å²) in [7, 11) is 0. The van der Waals surface area contributed by atoms with Crippen LogP contribution >= 0.6 is 0 Å². The van der Waals surface area contributed by atoms with Crippen LogP contribution in [-0.4, -0.2) is 17.6 Å². The Morgan fingerprint density at radius 3 is 1.39 bits per heavy atom. The summed E-state index contributed by atoms with van der Waals surface area (Å²) in [5.74, 6) is 3.94. The Kier molecular flexibility index (Phi) is 8.92. The van der Waals surface area contributed by atoms with Crippen LogP contribution in [0.25, 0.3) is 0 Å². The van der Waals surface area contributed by atoms with Gasteiger partial charge in [0.05, 0.1) is 28.1 Å². The Morgan fingerprint density at radius 1 is 0.448 bits per heavy atom. The maximum Gasteiger partial charge on any atom is 0.158 e. The highest BCUT2D eigenvalue weighted by Crippen LogP contribution is 2.70. The molecule has 67 heavy (non-hydrogen) atoms. The number of aliphatic imine (C=N–C) groups is 2. The molecule has 3 atom stereocenters. The molecule has 3 heterocycles. The number of rotatable bonds is 7. The normalized spacial score (nSPS) is 22.1. The predicted molar refractivity (Wildman–Crippen MR) is 269 cm³/mol. The molecule has 2 unspecified atom stereocenters. The molecule has 0 amide bonds. The monoisotopic (exact) mass is 864 g/mol. The first-order valence-electron chi connectivity index (χ1n) is 23.6. The van der Waals surface area contributed by atoms with E-state index in [1.807, 2.05) is 0 Å². The van der Waals surface area contributed by atoms with Gasteiger partial charge in [-0.3, -0.25) is 4.99 Å². The first kappa shape index (κ1) is 39.5. The van der Waals surface area contributed by atoms with Gasteiger partial charge in [0.15, 0.2) is 5.84 Å². The average molecular weight is 865 g/mol. The van der Waals surface area contributed by atoms with Crippen LogP contribution in [0.3, 0.4) is 0 Å². The Hall–Kier alpha value is -7.82. The van der Waals surface area contributed by atoms with Crippen molar-refractivity contribution in [3.8, 4) is 23.0 Å². The van der Waals surface area contributed by atoms with Gasteiger partial charge in [-0.25, -0.2) is 4.99 Å². The fourth-order valence-electron chi connectivity index (χ4n) is 12.4. The number of hydrogen-bond acceptors (Lipinski definition) is 4. The minimum absolute atomic E-state index is 0.0244. The quantitative estimate of drug-likeness (QED) is 0.160. The lowest BCUT2D eigenvalue weighted by Crippen LogP contribution is -2.35. The van der Waals surface area contributed by atoms with Gasteiger partial charge in [-0.1, -0.05) is 213 Å². The topological polar surface area (TPSA) is 43.2 Å². The molecular weight excluding hydrogens is 817 g/mol. The zero-order chi connectivity index (χ0) is 44.6. The van der Waals surface area contributed by atoms with Gasteiger partial charge in [0, 0.05) is 33.2 Å². The van der Waals surface area contributed by atoms with Crippen molar-refractivity contribution in [1.29, 1.82) is 0 Å². The van der Waals surface area contributed by atoms with Gasteiger partial charge in [0.2, 0.25) is 0 Å². The van der Waals surface area contributed by atoms with Crippen molar-refractivity contribution in [3.63, 3.8) is 0 Å². The number of allylic oxidation sites excluding steroid dienone is 3. The zero-order valence-electron chi connectivity index (χ0n) is 37.3. The molecule has 1 saturated carbocycles. The minimum atomic E-state index is -0.678. The van der Waals surface area contributed by atoms with Gasteiger partial charge in [-0.05, 0) is 71.2 Å². The minimum Gasteiger partial charge on any atom is -0.456 e. The third-order valence-corrected chi connectivity index (χ3v) is 15.6. The van der Waals surface area contributed by atoms with Crippen molar-refractivity contribution >= 4 is 11.5 Å². The summed E-state index contributed by atoms with van der Waals surface area (Å²) in [6, 6.07) is 73.8. The number of fused-ring (bicyclic) bond motifs is 5. The summed E-state index contributed by atoms with van der Waals surface area (Å²) < 4.78 is 14.5. The molecule has 0 radical (unpaired) electrons. The van der Waals surface area contributed by atoms with E-state index in [1.54, 1.807) is 0 Å². The lowest BCUT2D eigenvalue weighted by molar-refractivity contribution is 0.394. The van der Waals surface area contributed by atoms with Crippen molar-refractivity contribution in [2.45, 2.75) is 43.1 Å². The lowest BCUT2D eigenvalue weighted by atomic mass is 9.63. The van der Waals surface area contributed by atoms with Crippen LogP contribution in [-0.2, 0) is 10.8 Å². The van der Waals surface area contributed by atoms with Gasteiger partial charge in [-0.15, -0.1) is 0 Å². The fourth-order valence-corrected chi connectivity index (χ4v) is 12.4.